The van der Waals surface area contributed by atoms with Gasteiger partial charge in [-0.05, 0) is 18.6 Å². The zero-order valence-corrected chi connectivity index (χ0v) is 14.0. The van der Waals surface area contributed by atoms with E-state index in [0.717, 1.165) is 17.5 Å². The predicted octanol–water partition coefficient (Wildman–Crippen LogP) is 0.927. The number of ether oxygens (including phenoxy) is 1. The lowest BCUT2D eigenvalue weighted by Crippen LogP contribution is -2.32. The van der Waals surface area contributed by atoms with Gasteiger partial charge in [0.15, 0.2) is 9.84 Å². The monoisotopic (exact) mass is 336 g/mol. The lowest BCUT2D eigenvalue weighted by atomic mass is 9.90. The molecule has 1 aromatic heterocycles. The molecule has 0 amide bonds. The minimum absolute atomic E-state index is 0.175. The van der Waals surface area contributed by atoms with Gasteiger partial charge in [-0.1, -0.05) is 6.92 Å². The second-order valence-corrected chi connectivity index (χ2v) is 8.04. The van der Waals surface area contributed by atoms with Crippen LogP contribution in [0.2, 0.25) is 0 Å². The van der Waals surface area contributed by atoms with Crippen molar-refractivity contribution >= 4 is 26.7 Å². The summed E-state index contributed by atoms with van der Waals surface area (Å²) in [7, 11) is -1.94. The van der Waals surface area contributed by atoms with Crippen LogP contribution >= 0.6 is 0 Å². The molecule has 2 atom stereocenters. The molecule has 1 aromatic carbocycles. The number of carbonyl (C=O) groups is 1. The number of aryl methyl sites for hydroxylation is 1. The van der Waals surface area contributed by atoms with Crippen LogP contribution in [0.3, 0.4) is 0 Å². The van der Waals surface area contributed by atoms with Gasteiger partial charge < -0.3 is 19.2 Å². The van der Waals surface area contributed by atoms with Crippen LogP contribution in [0, 0.1) is 5.92 Å². The van der Waals surface area contributed by atoms with Crippen molar-refractivity contribution in [3.8, 4) is 5.75 Å². The van der Waals surface area contributed by atoms with Crippen molar-refractivity contribution < 1.29 is 23.1 Å². The van der Waals surface area contributed by atoms with Gasteiger partial charge in [-0.2, -0.15) is 0 Å². The lowest BCUT2D eigenvalue weighted by molar-refractivity contribution is -0.311. The molecular formula is C16H18NO5S-. The van der Waals surface area contributed by atoms with Crippen LogP contribution in [-0.2, 0) is 21.2 Å². The maximum atomic E-state index is 12.1. The first-order valence-electron chi connectivity index (χ1n) is 7.36. The summed E-state index contributed by atoms with van der Waals surface area (Å²) in [6, 6.07) is 5.09. The number of carboxylic acids is 1. The van der Waals surface area contributed by atoms with E-state index in [0.29, 0.717) is 24.1 Å². The highest BCUT2D eigenvalue weighted by molar-refractivity contribution is 7.91. The van der Waals surface area contributed by atoms with Gasteiger partial charge in [0, 0.05) is 47.8 Å². The Labute approximate surface area is 134 Å². The molecule has 0 bridgehead atoms. The van der Waals surface area contributed by atoms with E-state index in [9.17, 15) is 18.3 Å². The summed E-state index contributed by atoms with van der Waals surface area (Å²) >= 11 is 0. The molecule has 2 heterocycles. The Morgan fingerprint density at radius 3 is 2.65 bits per heavy atom. The third-order valence-electron chi connectivity index (χ3n) is 4.64. The van der Waals surface area contributed by atoms with Crippen LogP contribution in [-0.4, -0.2) is 32.3 Å². The number of hydrogen-bond acceptors (Lipinski definition) is 5. The Balaban J connectivity index is 2.27. The number of aromatic nitrogens is 1. The van der Waals surface area contributed by atoms with E-state index in [-0.39, 0.29) is 10.8 Å². The van der Waals surface area contributed by atoms with Crippen molar-refractivity contribution in [1.29, 1.82) is 0 Å². The third-order valence-corrected chi connectivity index (χ3v) is 5.78. The van der Waals surface area contributed by atoms with Crippen molar-refractivity contribution in [2.75, 3.05) is 13.4 Å². The summed E-state index contributed by atoms with van der Waals surface area (Å²) in [4.78, 5) is 11.4. The fourth-order valence-electron chi connectivity index (χ4n) is 3.39. The van der Waals surface area contributed by atoms with Gasteiger partial charge in [0.2, 0.25) is 0 Å². The largest absolute Gasteiger partial charge is 0.550 e. The van der Waals surface area contributed by atoms with E-state index in [2.05, 4.69) is 0 Å². The fourth-order valence-corrected chi connectivity index (χ4v) is 4.28. The number of hydrogen-bond donors (Lipinski definition) is 0. The summed E-state index contributed by atoms with van der Waals surface area (Å²) in [5.74, 6) is -1.42. The zero-order valence-electron chi connectivity index (χ0n) is 13.2. The molecule has 7 heteroatoms. The molecule has 2 unspecified atom stereocenters. The number of rotatable bonds is 4. The van der Waals surface area contributed by atoms with E-state index in [1.54, 1.807) is 19.1 Å². The predicted molar refractivity (Wildman–Crippen MR) is 83.1 cm³/mol. The molecule has 124 valence electrons. The summed E-state index contributed by atoms with van der Waals surface area (Å²) in [6.07, 6.45) is 1.86. The molecule has 0 fully saturated rings. The van der Waals surface area contributed by atoms with Gasteiger partial charge in [-0.3, -0.25) is 0 Å². The lowest BCUT2D eigenvalue weighted by Gasteiger charge is -2.19. The van der Waals surface area contributed by atoms with E-state index in [4.69, 9.17) is 4.74 Å². The van der Waals surface area contributed by atoms with Gasteiger partial charge in [-0.25, -0.2) is 8.42 Å². The molecule has 0 spiro atoms. The SMILES string of the molecule is COc1cc(S(C)(=O)=O)c2cc3n(c2c1)CCC3C(C)C(=O)[O-]. The van der Waals surface area contributed by atoms with Crippen molar-refractivity contribution in [3.63, 3.8) is 0 Å². The summed E-state index contributed by atoms with van der Waals surface area (Å²) in [5.41, 5.74) is 1.60. The summed E-state index contributed by atoms with van der Waals surface area (Å²) in [6.45, 7) is 2.28. The Hall–Kier alpha value is -2.02. The molecule has 6 nitrogen and oxygen atoms in total. The molecule has 0 aliphatic carbocycles. The molecule has 1 aliphatic heterocycles. The van der Waals surface area contributed by atoms with Crippen LogP contribution in [0.25, 0.3) is 10.9 Å². The van der Waals surface area contributed by atoms with Gasteiger partial charge in [0.1, 0.15) is 5.75 Å². The van der Waals surface area contributed by atoms with E-state index in [1.165, 1.54) is 13.2 Å². The van der Waals surface area contributed by atoms with Gasteiger partial charge >= 0.3 is 0 Å². The number of nitrogens with zero attached hydrogens (tertiary/aromatic N) is 1. The Bertz CT molecular complexity index is 897. The fraction of sp³-hybridized carbons (Fsp3) is 0.438. The van der Waals surface area contributed by atoms with Gasteiger partial charge in [0.25, 0.3) is 0 Å². The maximum Gasteiger partial charge on any atom is 0.176 e. The number of aliphatic carboxylic acids is 1. The van der Waals surface area contributed by atoms with E-state index >= 15 is 0 Å². The van der Waals surface area contributed by atoms with Crippen molar-refractivity contribution in [3.05, 3.63) is 23.9 Å². The van der Waals surface area contributed by atoms with Gasteiger partial charge in [0.05, 0.1) is 17.5 Å². The number of sulfone groups is 1. The highest BCUT2D eigenvalue weighted by atomic mass is 32.2. The average molecular weight is 336 g/mol. The molecule has 23 heavy (non-hydrogen) atoms. The molecule has 1 aliphatic rings. The number of benzene rings is 1. The molecule has 2 aromatic rings. The van der Waals surface area contributed by atoms with Crippen LogP contribution in [0.4, 0.5) is 0 Å². The maximum absolute atomic E-state index is 12.1. The van der Waals surface area contributed by atoms with Crippen LogP contribution < -0.4 is 9.84 Å². The molecule has 0 saturated heterocycles. The first kappa shape index (κ1) is 15.9. The van der Waals surface area contributed by atoms with Crippen LogP contribution in [0.5, 0.6) is 5.75 Å². The molecule has 0 saturated carbocycles. The second-order valence-electron chi connectivity index (χ2n) is 6.05. The molecule has 0 radical (unpaired) electrons. The number of carbonyl (C=O) groups excluding carboxylic acids is 1. The molecule has 0 N–H and O–H groups in total. The van der Waals surface area contributed by atoms with Crippen molar-refractivity contribution in [2.24, 2.45) is 5.92 Å². The topological polar surface area (TPSA) is 88.4 Å². The first-order chi connectivity index (χ1) is 10.7. The summed E-state index contributed by atoms with van der Waals surface area (Å²) in [5, 5.41) is 11.8. The highest BCUT2D eigenvalue weighted by Gasteiger charge is 2.31. The van der Waals surface area contributed by atoms with Crippen LogP contribution in [0.15, 0.2) is 23.1 Å². The van der Waals surface area contributed by atoms with E-state index in [1.807, 2.05) is 4.57 Å². The summed E-state index contributed by atoms with van der Waals surface area (Å²) < 4.78 is 31.4. The standard InChI is InChI=1S/C16H19NO5S/c1-9(16(18)19)11-4-5-17-13-6-10(22-2)7-15(23(3,20)21)12(13)8-14(11)17/h6-9,11H,4-5H2,1-3H3,(H,18,19)/p-1. The Kier molecular flexibility index (Phi) is 3.63. The normalized spacial score (nSPS) is 18.8. The number of methoxy groups -OCH3 is 1. The Morgan fingerprint density at radius 1 is 1.39 bits per heavy atom. The van der Waals surface area contributed by atoms with Crippen molar-refractivity contribution in [2.45, 2.75) is 30.7 Å². The average Bonchev–Trinajstić information content (AvgIpc) is 3.03. The smallest absolute Gasteiger partial charge is 0.176 e. The molecular weight excluding hydrogens is 318 g/mol. The van der Waals surface area contributed by atoms with Crippen LogP contribution in [0.1, 0.15) is 25.0 Å². The number of carboxylic acid groups (broad SMARTS) is 1. The van der Waals surface area contributed by atoms with Gasteiger partial charge in [-0.15, -0.1) is 0 Å². The second kappa shape index (κ2) is 5.26. The molecule has 3 rings (SSSR count). The zero-order chi connectivity index (χ0) is 16.9. The minimum atomic E-state index is -3.43. The van der Waals surface area contributed by atoms with Crippen molar-refractivity contribution in [1.82, 2.24) is 4.57 Å². The minimum Gasteiger partial charge on any atom is -0.550 e. The Morgan fingerprint density at radius 2 is 2.09 bits per heavy atom. The number of fused-ring (bicyclic) bond motifs is 3. The van der Waals surface area contributed by atoms with E-state index < -0.39 is 21.7 Å². The quantitative estimate of drug-likeness (QED) is 0.828. The highest BCUT2D eigenvalue weighted by Crippen LogP contribution is 2.41. The third kappa shape index (κ3) is 2.49. The first-order valence-corrected chi connectivity index (χ1v) is 9.25.